The van der Waals surface area contributed by atoms with E-state index in [2.05, 4.69) is 32.6 Å². The van der Waals surface area contributed by atoms with Gasteiger partial charge < -0.3 is 5.73 Å². The van der Waals surface area contributed by atoms with Crippen LogP contribution in [0.2, 0.25) is 0 Å². The van der Waals surface area contributed by atoms with Gasteiger partial charge in [-0.1, -0.05) is 33.8 Å². The zero-order valence-corrected chi connectivity index (χ0v) is 13.6. The standard InChI is InChI=1S/C17H28F2N2/c1-5-14(6-2)21(10-12(3)4)11-17(20)13-7-8-15(18)16(19)9-13/h7-9,12,14,17H,5-6,10-11,20H2,1-4H3. The minimum absolute atomic E-state index is 0.306. The first kappa shape index (κ1) is 18.1. The first-order valence-electron chi connectivity index (χ1n) is 7.83. The lowest BCUT2D eigenvalue weighted by Crippen LogP contribution is -2.41. The molecule has 0 bridgehead atoms. The summed E-state index contributed by atoms with van der Waals surface area (Å²) in [5.41, 5.74) is 6.85. The van der Waals surface area contributed by atoms with E-state index in [-0.39, 0.29) is 6.04 Å². The monoisotopic (exact) mass is 298 g/mol. The maximum atomic E-state index is 13.3. The molecule has 4 heteroatoms. The summed E-state index contributed by atoms with van der Waals surface area (Å²) < 4.78 is 26.3. The van der Waals surface area contributed by atoms with E-state index in [1.54, 1.807) is 6.07 Å². The van der Waals surface area contributed by atoms with Crippen LogP contribution < -0.4 is 5.73 Å². The number of rotatable bonds is 8. The van der Waals surface area contributed by atoms with Gasteiger partial charge in [0, 0.05) is 25.2 Å². The van der Waals surface area contributed by atoms with Gasteiger partial charge >= 0.3 is 0 Å². The number of nitrogens with zero attached hydrogens (tertiary/aromatic N) is 1. The fourth-order valence-corrected chi connectivity index (χ4v) is 2.75. The Bertz CT molecular complexity index is 431. The van der Waals surface area contributed by atoms with Crippen molar-refractivity contribution in [3.8, 4) is 0 Å². The van der Waals surface area contributed by atoms with Crippen LogP contribution in [0.15, 0.2) is 18.2 Å². The van der Waals surface area contributed by atoms with Crippen molar-refractivity contribution in [2.45, 2.75) is 52.6 Å². The maximum Gasteiger partial charge on any atom is 0.159 e. The molecule has 21 heavy (non-hydrogen) atoms. The van der Waals surface area contributed by atoms with Crippen molar-refractivity contribution in [1.29, 1.82) is 0 Å². The van der Waals surface area contributed by atoms with Crippen molar-refractivity contribution in [2.24, 2.45) is 11.7 Å². The second-order valence-electron chi connectivity index (χ2n) is 6.10. The fourth-order valence-electron chi connectivity index (χ4n) is 2.75. The molecule has 0 saturated carbocycles. The SMILES string of the molecule is CCC(CC)N(CC(C)C)CC(N)c1ccc(F)c(F)c1. The molecule has 0 saturated heterocycles. The van der Waals surface area contributed by atoms with E-state index >= 15 is 0 Å². The second-order valence-corrected chi connectivity index (χ2v) is 6.10. The molecule has 0 aliphatic carbocycles. The van der Waals surface area contributed by atoms with E-state index in [0.717, 1.165) is 25.5 Å². The summed E-state index contributed by atoms with van der Waals surface area (Å²) in [6.45, 7) is 10.3. The van der Waals surface area contributed by atoms with E-state index in [0.29, 0.717) is 24.1 Å². The molecule has 1 aromatic rings. The predicted octanol–water partition coefficient (Wildman–Crippen LogP) is 4.11. The highest BCUT2D eigenvalue weighted by atomic mass is 19.2. The Morgan fingerprint density at radius 3 is 2.14 bits per heavy atom. The molecule has 0 aliphatic rings. The molecule has 0 heterocycles. The highest BCUT2D eigenvalue weighted by Gasteiger charge is 2.20. The van der Waals surface area contributed by atoms with Crippen molar-refractivity contribution >= 4 is 0 Å². The molecule has 0 amide bonds. The van der Waals surface area contributed by atoms with E-state index in [9.17, 15) is 8.78 Å². The number of nitrogens with two attached hydrogens (primary N) is 1. The molecular weight excluding hydrogens is 270 g/mol. The van der Waals surface area contributed by atoms with Crippen molar-refractivity contribution in [1.82, 2.24) is 4.90 Å². The largest absolute Gasteiger partial charge is 0.323 e. The maximum absolute atomic E-state index is 13.3. The minimum Gasteiger partial charge on any atom is -0.323 e. The van der Waals surface area contributed by atoms with Crippen LogP contribution in [0.4, 0.5) is 8.78 Å². The van der Waals surface area contributed by atoms with Gasteiger partial charge in [0.05, 0.1) is 0 Å². The van der Waals surface area contributed by atoms with Crippen molar-refractivity contribution in [3.05, 3.63) is 35.4 Å². The summed E-state index contributed by atoms with van der Waals surface area (Å²) in [5, 5.41) is 0. The lowest BCUT2D eigenvalue weighted by atomic mass is 10.0. The molecular formula is C17H28F2N2. The van der Waals surface area contributed by atoms with Gasteiger partial charge in [-0.05, 0) is 36.5 Å². The average molecular weight is 298 g/mol. The number of benzene rings is 1. The molecule has 0 aromatic heterocycles. The summed E-state index contributed by atoms with van der Waals surface area (Å²) in [4.78, 5) is 2.37. The van der Waals surface area contributed by atoms with E-state index in [1.807, 2.05) is 0 Å². The molecule has 1 rings (SSSR count). The quantitative estimate of drug-likeness (QED) is 0.782. The summed E-state index contributed by atoms with van der Waals surface area (Å²) in [6, 6.07) is 4.10. The van der Waals surface area contributed by atoms with Crippen LogP contribution in [-0.2, 0) is 0 Å². The molecule has 120 valence electrons. The molecule has 1 aromatic carbocycles. The van der Waals surface area contributed by atoms with Gasteiger partial charge in [0.25, 0.3) is 0 Å². The zero-order valence-electron chi connectivity index (χ0n) is 13.6. The van der Waals surface area contributed by atoms with Crippen LogP contribution in [0.3, 0.4) is 0 Å². The topological polar surface area (TPSA) is 29.3 Å². The van der Waals surface area contributed by atoms with Crippen LogP contribution in [-0.4, -0.2) is 24.0 Å². The Morgan fingerprint density at radius 2 is 1.67 bits per heavy atom. The first-order valence-corrected chi connectivity index (χ1v) is 7.83. The van der Waals surface area contributed by atoms with Crippen LogP contribution >= 0.6 is 0 Å². The normalized spacial score (nSPS) is 13.4. The van der Waals surface area contributed by atoms with Crippen LogP contribution in [0.1, 0.15) is 52.1 Å². The van der Waals surface area contributed by atoms with Crippen LogP contribution in [0.25, 0.3) is 0 Å². The Labute approximate surface area is 127 Å². The predicted molar refractivity (Wildman–Crippen MR) is 84.1 cm³/mol. The second kappa shape index (κ2) is 8.44. The van der Waals surface area contributed by atoms with Crippen molar-refractivity contribution < 1.29 is 8.78 Å². The summed E-state index contributed by atoms with van der Waals surface area (Å²) in [5.74, 6) is -1.12. The lowest BCUT2D eigenvalue weighted by molar-refractivity contribution is 0.156. The molecule has 2 nitrogen and oxygen atoms in total. The Kier molecular flexibility index (Phi) is 7.26. The highest BCUT2D eigenvalue weighted by Crippen LogP contribution is 2.19. The zero-order chi connectivity index (χ0) is 16.0. The van der Waals surface area contributed by atoms with Gasteiger partial charge in [0.1, 0.15) is 0 Å². The van der Waals surface area contributed by atoms with Crippen LogP contribution in [0, 0.1) is 17.6 Å². The molecule has 0 radical (unpaired) electrons. The van der Waals surface area contributed by atoms with Gasteiger partial charge in [-0.25, -0.2) is 8.78 Å². The molecule has 0 aliphatic heterocycles. The van der Waals surface area contributed by atoms with Gasteiger partial charge in [0.2, 0.25) is 0 Å². The van der Waals surface area contributed by atoms with Crippen molar-refractivity contribution in [2.75, 3.05) is 13.1 Å². The minimum atomic E-state index is -0.833. The number of halogens is 2. The molecule has 1 atom stereocenters. The Hall–Kier alpha value is -1.00. The third kappa shape index (κ3) is 5.36. The third-order valence-corrected chi connectivity index (χ3v) is 3.86. The highest BCUT2D eigenvalue weighted by molar-refractivity contribution is 5.21. The average Bonchev–Trinajstić information content (AvgIpc) is 2.42. The number of hydrogen-bond donors (Lipinski definition) is 1. The molecule has 1 unspecified atom stereocenters. The summed E-state index contributed by atoms with van der Waals surface area (Å²) in [7, 11) is 0. The van der Waals surface area contributed by atoms with Gasteiger partial charge in [-0.3, -0.25) is 4.90 Å². The first-order chi connectivity index (χ1) is 9.88. The van der Waals surface area contributed by atoms with E-state index < -0.39 is 11.6 Å². The third-order valence-electron chi connectivity index (χ3n) is 3.86. The Balaban J connectivity index is 2.83. The summed E-state index contributed by atoms with van der Waals surface area (Å²) in [6.07, 6.45) is 2.13. The Morgan fingerprint density at radius 1 is 1.05 bits per heavy atom. The molecule has 2 N–H and O–H groups in total. The lowest BCUT2D eigenvalue weighted by Gasteiger charge is -2.34. The van der Waals surface area contributed by atoms with Gasteiger partial charge in [0.15, 0.2) is 11.6 Å². The van der Waals surface area contributed by atoms with Gasteiger partial charge in [-0.15, -0.1) is 0 Å². The molecule has 0 fully saturated rings. The number of hydrogen-bond acceptors (Lipinski definition) is 2. The van der Waals surface area contributed by atoms with Gasteiger partial charge in [-0.2, -0.15) is 0 Å². The van der Waals surface area contributed by atoms with E-state index in [4.69, 9.17) is 5.73 Å². The smallest absolute Gasteiger partial charge is 0.159 e. The summed E-state index contributed by atoms with van der Waals surface area (Å²) >= 11 is 0. The van der Waals surface area contributed by atoms with Crippen LogP contribution in [0.5, 0.6) is 0 Å². The van der Waals surface area contributed by atoms with Crippen molar-refractivity contribution in [3.63, 3.8) is 0 Å². The molecule has 0 spiro atoms. The van der Waals surface area contributed by atoms with E-state index in [1.165, 1.54) is 6.07 Å². The fraction of sp³-hybridized carbons (Fsp3) is 0.647.